The number of rotatable bonds is 4. The number of amides is 1. The maximum atomic E-state index is 12.6. The zero-order valence-electron chi connectivity index (χ0n) is 13.2. The Morgan fingerprint density at radius 1 is 1.12 bits per heavy atom. The summed E-state index contributed by atoms with van der Waals surface area (Å²) in [6, 6.07) is 11.6. The van der Waals surface area contributed by atoms with Crippen molar-refractivity contribution >= 4 is 34.5 Å². The summed E-state index contributed by atoms with van der Waals surface area (Å²) in [7, 11) is 0. The van der Waals surface area contributed by atoms with Crippen molar-refractivity contribution in [2.45, 2.75) is 12.6 Å². The number of aromatic nitrogens is 1. The molecule has 1 amide bonds. The molecule has 0 radical (unpaired) electrons. The Morgan fingerprint density at radius 3 is 2.46 bits per heavy atom. The number of hydrogen-bond acceptors (Lipinski definition) is 3. The number of hydrogen-bond donors (Lipinski definition) is 1. The highest BCUT2D eigenvalue weighted by Crippen LogP contribution is 2.30. The van der Waals surface area contributed by atoms with Gasteiger partial charge in [0.25, 0.3) is 5.91 Å². The van der Waals surface area contributed by atoms with Crippen LogP contribution in [0.1, 0.15) is 26.6 Å². The lowest BCUT2D eigenvalue weighted by molar-refractivity contribution is -0.137. The third kappa shape index (κ3) is 4.42. The molecule has 0 aliphatic carbocycles. The smallest absolute Gasteiger partial charge is 0.321 e. The van der Waals surface area contributed by atoms with Crippen LogP contribution in [0.15, 0.2) is 53.9 Å². The Bertz CT molecular complexity index is 923. The first-order valence-corrected chi connectivity index (χ1v) is 8.75. The molecule has 3 nitrogen and oxygen atoms in total. The van der Waals surface area contributed by atoms with Gasteiger partial charge in [-0.2, -0.15) is 13.2 Å². The minimum atomic E-state index is -4.41. The molecule has 8 heteroatoms. The lowest BCUT2D eigenvalue weighted by Crippen LogP contribution is -2.13. The third-order valence-corrected chi connectivity index (χ3v) is 4.77. The van der Waals surface area contributed by atoms with Crippen molar-refractivity contribution in [1.82, 2.24) is 4.98 Å². The molecule has 0 spiro atoms. The lowest BCUT2D eigenvalue weighted by atomic mass is 10.1. The maximum absolute atomic E-state index is 12.6. The van der Waals surface area contributed by atoms with Crippen molar-refractivity contribution in [2.75, 3.05) is 5.32 Å². The van der Waals surface area contributed by atoms with Crippen LogP contribution in [0.4, 0.5) is 18.9 Å². The van der Waals surface area contributed by atoms with E-state index >= 15 is 0 Å². The number of alkyl halides is 3. The molecule has 0 atom stereocenters. The van der Waals surface area contributed by atoms with Gasteiger partial charge in [0, 0.05) is 22.5 Å². The van der Waals surface area contributed by atoms with Gasteiger partial charge in [-0.25, -0.2) is 4.98 Å². The molecule has 0 aliphatic rings. The van der Waals surface area contributed by atoms with Crippen molar-refractivity contribution in [1.29, 1.82) is 0 Å². The van der Waals surface area contributed by atoms with Crippen LogP contribution < -0.4 is 5.32 Å². The molecule has 1 heterocycles. The molecule has 0 saturated heterocycles. The van der Waals surface area contributed by atoms with Crippen LogP contribution in [-0.2, 0) is 12.6 Å². The molecule has 2 aromatic carbocycles. The Hall–Kier alpha value is -2.38. The molecular formula is C18H12ClF3N2OS. The first-order valence-electron chi connectivity index (χ1n) is 7.49. The van der Waals surface area contributed by atoms with Crippen molar-refractivity contribution in [3.8, 4) is 0 Å². The van der Waals surface area contributed by atoms with E-state index in [4.69, 9.17) is 11.6 Å². The molecule has 0 aliphatic heterocycles. The van der Waals surface area contributed by atoms with Crippen LogP contribution in [-0.4, -0.2) is 10.9 Å². The number of nitrogens with zero attached hydrogens (tertiary/aromatic N) is 1. The molecular weight excluding hydrogens is 385 g/mol. The number of anilines is 1. The quantitative estimate of drug-likeness (QED) is 0.618. The summed E-state index contributed by atoms with van der Waals surface area (Å²) >= 11 is 7.43. The average molecular weight is 397 g/mol. The Labute approximate surface area is 156 Å². The maximum Gasteiger partial charge on any atom is 0.416 e. The summed E-state index contributed by atoms with van der Waals surface area (Å²) < 4.78 is 37.7. The minimum absolute atomic E-state index is 0.206. The zero-order valence-corrected chi connectivity index (χ0v) is 14.8. The SMILES string of the molecule is O=C(Nc1ccc(C(F)(F)F)cc1)c1csc(Cc2ccccc2Cl)n1. The highest BCUT2D eigenvalue weighted by molar-refractivity contribution is 7.09. The second-order valence-corrected chi connectivity index (χ2v) is 6.77. The fourth-order valence-electron chi connectivity index (χ4n) is 2.24. The Morgan fingerprint density at radius 2 is 1.81 bits per heavy atom. The minimum Gasteiger partial charge on any atom is -0.321 e. The van der Waals surface area contributed by atoms with Gasteiger partial charge in [-0.15, -0.1) is 11.3 Å². The van der Waals surface area contributed by atoms with Gasteiger partial charge in [-0.1, -0.05) is 29.8 Å². The second-order valence-electron chi connectivity index (χ2n) is 5.42. The van der Waals surface area contributed by atoms with Crippen LogP contribution in [0.2, 0.25) is 5.02 Å². The number of nitrogens with one attached hydrogen (secondary N) is 1. The third-order valence-electron chi connectivity index (χ3n) is 3.55. The summed E-state index contributed by atoms with van der Waals surface area (Å²) in [5, 5.41) is 5.48. The molecule has 26 heavy (non-hydrogen) atoms. The van der Waals surface area contributed by atoms with E-state index in [0.717, 1.165) is 22.7 Å². The van der Waals surface area contributed by atoms with Gasteiger partial charge < -0.3 is 5.32 Å². The standard InChI is InChI=1S/C18H12ClF3N2OS/c19-14-4-2-1-3-11(14)9-16-24-15(10-26-16)17(25)23-13-7-5-12(6-8-13)18(20,21)22/h1-8,10H,9H2,(H,23,25). The average Bonchev–Trinajstić information content (AvgIpc) is 3.05. The number of halogens is 4. The van der Waals surface area contributed by atoms with Gasteiger partial charge >= 0.3 is 6.18 Å². The number of carbonyl (C=O) groups excluding carboxylic acids is 1. The van der Waals surface area contributed by atoms with Gasteiger partial charge in [-0.3, -0.25) is 4.79 Å². The van der Waals surface area contributed by atoms with Gasteiger partial charge in [0.1, 0.15) is 5.69 Å². The Balaban J connectivity index is 1.67. The van der Waals surface area contributed by atoms with Crippen molar-refractivity contribution in [3.63, 3.8) is 0 Å². The fraction of sp³-hybridized carbons (Fsp3) is 0.111. The summed E-state index contributed by atoms with van der Waals surface area (Å²) in [4.78, 5) is 16.5. The van der Waals surface area contributed by atoms with Crippen LogP contribution in [0.5, 0.6) is 0 Å². The van der Waals surface area contributed by atoms with E-state index in [9.17, 15) is 18.0 Å². The van der Waals surface area contributed by atoms with E-state index in [1.165, 1.54) is 23.5 Å². The van der Waals surface area contributed by atoms with Gasteiger partial charge in [0.2, 0.25) is 0 Å². The monoisotopic (exact) mass is 396 g/mol. The molecule has 0 bridgehead atoms. The van der Waals surface area contributed by atoms with Gasteiger partial charge in [0.15, 0.2) is 0 Å². The number of carbonyl (C=O) groups is 1. The largest absolute Gasteiger partial charge is 0.416 e. The van der Waals surface area contributed by atoms with E-state index < -0.39 is 17.6 Å². The molecule has 0 unspecified atom stereocenters. The van der Waals surface area contributed by atoms with Gasteiger partial charge in [-0.05, 0) is 35.9 Å². The van der Waals surface area contributed by atoms with Crippen molar-refractivity contribution in [2.24, 2.45) is 0 Å². The summed E-state index contributed by atoms with van der Waals surface area (Å²) in [5.41, 5.74) is 0.602. The van der Waals surface area contributed by atoms with E-state index in [0.29, 0.717) is 11.4 Å². The van der Waals surface area contributed by atoms with Crippen LogP contribution in [0.25, 0.3) is 0 Å². The summed E-state index contributed by atoms with van der Waals surface area (Å²) in [5.74, 6) is -0.480. The van der Waals surface area contributed by atoms with Crippen LogP contribution >= 0.6 is 22.9 Å². The predicted octanol–water partition coefficient (Wildman–Crippen LogP) is 5.66. The van der Waals surface area contributed by atoms with Crippen molar-refractivity contribution in [3.05, 3.63) is 80.8 Å². The van der Waals surface area contributed by atoms with Crippen LogP contribution in [0, 0.1) is 0 Å². The normalized spacial score (nSPS) is 11.4. The van der Waals surface area contributed by atoms with E-state index in [2.05, 4.69) is 10.3 Å². The summed E-state index contributed by atoms with van der Waals surface area (Å²) in [6.45, 7) is 0. The highest BCUT2D eigenvalue weighted by atomic mass is 35.5. The fourth-order valence-corrected chi connectivity index (χ4v) is 3.24. The Kier molecular flexibility index (Phi) is 5.29. The number of thiazole rings is 1. The number of benzene rings is 2. The predicted molar refractivity (Wildman–Crippen MR) is 95.8 cm³/mol. The zero-order chi connectivity index (χ0) is 18.7. The van der Waals surface area contributed by atoms with Gasteiger partial charge in [0.05, 0.1) is 10.6 Å². The molecule has 1 N–H and O–H groups in total. The molecule has 1 aromatic heterocycles. The van der Waals surface area contributed by atoms with Crippen molar-refractivity contribution < 1.29 is 18.0 Å². The van der Waals surface area contributed by atoms with E-state index in [1.54, 1.807) is 11.4 Å². The van der Waals surface area contributed by atoms with E-state index in [-0.39, 0.29) is 11.4 Å². The second kappa shape index (κ2) is 7.47. The lowest BCUT2D eigenvalue weighted by Gasteiger charge is -2.08. The summed E-state index contributed by atoms with van der Waals surface area (Å²) in [6.07, 6.45) is -3.91. The molecule has 134 valence electrons. The molecule has 3 aromatic rings. The molecule has 0 fully saturated rings. The highest BCUT2D eigenvalue weighted by Gasteiger charge is 2.30. The first-order chi connectivity index (χ1) is 12.3. The van der Waals surface area contributed by atoms with Crippen LogP contribution in [0.3, 0.4) is 0 Å². The first kappa shape index (κ1) is 18.4. The topological polar surface area (TPSA) is 42.0 Å². The van der Waals surface area contributed by atoms with E-state index in [1.807, 2.05) is 18.2 Å². The molecule has 3 rings (SSSR count). The molecule has 0 saturated carbocycles.